The molecule has 0 saturated heterocycles. The monoisotopic (exact) mass is 392 g/mol. The smallest absolute Gasteiger partial charge is 0.256 e. The number of rotatable bonds is 6. The van der Waals surface area contributed by atoms with Crippen LogP contribution in [0.4, 0.5) is 15.8 Å². The number of carbonyl (C=O) groups is 2. The van der Waals surface area contributed by atoms with Crippen molar-refractivity contribution in [2.24, 2.45) is 0 Å². The van der Waals surface area contributed by atoms with Crippen LogP contribution in [0, 0.1) is 12.7 Å². The van der Waals surface area contributed by atoms with Gasteiger partial charge in [-0.1, -0.05) is 6.07 Å². The van der Waals surface area contributed by atoms with E-state index in [-0.39, 0.29) is 11.5 Å². The maximum absolute atomic E-state index is 13.4. The Morgan fingerprint density at radius 1 is 0.862 bits per heavy atom. The maximum Gasteiger partial charge on any atom is 0.256 e. The summed E-state index contributed by atoms with van der Waals surface area (Å²) in [6.45, 7) is 4.22. The molecule has 0 aliphatic rings. The Morgan fingerprint density at radius 3 is 2.07 bits per heavy atom. The zero-order chi connectivity index (χ0) is 20.8. The largest absolute Gasteiger partial charge is 0.494 e. The van der Waals surface area contributed by atoms with Gasteiger partial charge in [-0.05, 0) is 80.1 Å². The highest BCUT2D eigenvalue weighted by molar-refractivity contribution is 6.06. The van der Waals surface area contributed by atoms with Crippen molar-refractivity contribution in [2.45, 2.75) is 13.8 Å². The molecule has 2 amide bonds. The van der Waals surface area contributed by atoms with Gasteiger partial charge in [-0.25, -0.2) is 4.39 Å². The third kappa shape index (κ3) is 5.19. The minimum atomic E-state index is -0.470. The van der Waals surface area contributed by atoms with Crippen LogP contribution in [0.25, 0.3) is 0 Å². The molecule has 0 aliphatic heterocycles. The molecular formula is C23H21FN2O3. The SMILES string of the molecule is CCOc1ccc(NC(=O)c2ccc(NC(=O)c3cc(F)ccc3C)cc2)cc1. The molecule has 2 N–H and O–H groups in total. The molecular weight excluding hydrogens is 371 g/mol. The normalized spacial score (nSPS) is 10.3. The Kier molecular flexibility index (Phi) is 6.24. The van der Waals surface area contributed by atoms with E-state index in [0.717, 1.165) is 5.75 Å². The summed E-state index contributed by atoms with van der Waals surface area (Å²) >= 11 is 0. The van der Waals surface area contributed by atoms with Gasteiger partial charge >= 0.3 is 0 Å². The number of halogens is 1. The van der Waals surface area contributed by atoms with E-state index in [0.29, 0.717) is 29.1 Å². The zero-order valence-electron chi connectivity index (χ0n) is 16.2. The third-order valence-corrected chi connectivity index (χ3v) is 4.27. The van der Waals surface area contributed by atoms with E-state index < -0.39 is 11.7 Å². The Labute approximate surface area is 168 Å². The molecule has 0 heterocycles. The summed E-state index contributed by atoms with van der Waals surface area (Å²) < 4.78 is 18.8. The van der Waals surface area contributed by atoms with Crippen molar-refractivity contribution in [1.29, 1.82) is 0 Å². The second kappa shape index (κ2) is 9.01. The van der Waals surface area contributed by atoms with Crippen molar-refractivity contribution in [2.75, 3.05) is 17.2 Å². The number of hydrogen-bond donors (Lipinski definition) is 2. The van der Waals surface area contributed by atoms with Crippen LogP contribution in [-0.4, -0.2) is 18.4 Å². The quantitative estimate of drug-likeness (QED) is 0.618. The highest BCUT2D eigenvalue weighted by Crippen LogP contribution is 2.18. The van der Waals surface area contributed by atoms with Gasteiger partial charge < -0.3 is 15.4 Å². The van der Waals surface area contributed by atoms with Gasteiger partial charge in [0.05, 0.1) is 6.61 Å². The van der Waals surface area contributed by atoms with E-state index in [4.69, 9.17) is 4.74 Å². The van der Waals surface area contributed by atoms with Crippen LogP contribution in [0.2, 0.25) is 0 Å². The lowest BCUT2D eigenvalue weighted by Crippen LogP contribution is -2.14. The highest BCUT2D eigenvalue weighted by atomic mass is 19.1. The lowest BCUT2D eigenvalue weighted by molar-refractivity contribution is 0.101. The van der Waals surface area contributed by atoms with Gasteiger partial charge in [-0.15, -0.1) is 0 Å². The van der Waals surface area contributed by atoms with Crippen molar-refractivity contribution < 1.29 is 18.7 Å². The number of carbonyl (C=O) groups excluding carboxylic acids is 2. The maximum atomic E-state index is 13.4. The van der Waals surface area contributed by atoms with Crippen LogP contribution in [0.3, 0.4) is 0 Å². The van der Waals surface area contributed by atoms with Crippen LogP contribution < -0.4 is 15.4 Å². The van der Waals surface area contributed by atoms with Gasteiger partial charge in [0.15, 0.2) is 0 Å². The first kappa shape index (κ1) is 20.1. The summed E-state index contributed by atoms with van der Waals surface area (Å²) in [5.74, 6) is -0.414. The van der Waals surface area contributed by atoms with Crippen molar-refractivity contribution >= 4 is 23.2 Å². The Balaban J connectivity index is 1.64. The van der Waals surface area contributed by atoms with Gasteiger partial charge in [0.1, 0.15) is 11.6 Å². The van der Waals surface area contributed by atoms with E-state index in [1.807, 2.05) is 6.92 Å². The standard InChI is InChI=1S/C23H21FN2O3/c1-3-29-20-12-10-19(11-13-20)25-22(27)16-5-8-18(9-6-16)26-23(28)21-14-17(24)7-4-15(21)2/h4-14H,3H2,1-2H3,(H,25,27)(H,26,28). The minimum absolute atomic E-state index is 0.266. The average molecular weight is 392 g/mol. The lowest BCUT2D eigenvalue weighted by Gasteiger charge is -2.10. The predicted octanol–water partition coefficient (Wildman–Crippen LogP) is 5.04. The fraction of sp³-hybridized carbons (Fsp3) is 0.130. The molecule has 3 rings (SSSR count). The number of ether oxygens (including phenoxy) is 1. The van der Waals surface area contributed by atoms with Gasteiger partial charge in [0, 0.05) is 22.5 Å². The molecule has 0 fully saturated rings. The van der Waals surface area contributed by atoms with Gasteiger partial charge in [0.2, 0.25) is 0 Å². The molecule has 0 spiro atoms. The molecule has 3 aromatic rings. The summed E-state index contributed by atoms with van der Waals surface area (Å²) in [6, 6.07) is 17.6. The van der Waals surface area contributed by atoms with E-state index in [2.05, 4.69) is 10.6 Å². The van der Waals surface area contributed by atoms with Gasteiger partial charge in [-0.3, -0.25) is 9.59 Å². The third-order valence-electron chi connectivity index (χ3n) is 4.27. The fourth-order valence-electron chi connectivity index (χ4n) is 2.75. The lowest BCUT2D eigenvalue weighted by atomic mass is 10.1. The summed E-state index contributed by atoms with van der Waals surface area (Å²) in [5, 5.41) is 5.51. The van der Waals surface area contributed by atoms with E-state index in [1.165, 1.54) is 12.1 Å². The molecule has 6 heteroatoms. The zero-order valence-corrected chi connectivity index (χ0v) is 16.2. The molecule has 0 atom stereocenters. The summed E-state index contributed by atoms with van der Waals surface area (Å²) in [5.41, 5.74) is 2.55. The number of benzene rings is 3. The first-order valence-electron chi connectivity index (χ1n) is 9.18. The molecule has 0 radical (unpaired) electrons. The van der Waals surface area contributed by atoms with Gasteiger partial charge in [0.25, 0.3) is 11.8 Å². The van der Waals surface area contributed by atoms with Crippen molar-refractivity contribution in [3.05, 3.63) is 89.2 Å². The number of nitrogens with one attached hydrogen (secondary N) is 2. The van der Waals surface area contributed by atoms with Crippen LogP contribution in [-0.2, 0) is 0 Å². The molecule has 0 aromatic heterocycles. The van der Waals surface area contributed by atoms with Crippen molar-refractivity contribution in [3.8, 4) is 5.75 Å². The fourth-order valence-corrected chi connectivity index (χ4v) is 2.75. The highest BCUT2D eigenvalue weighted by Gasteiger charge is 2.11. The predicted molar refractivity (Wildman–Crippen MR) is 111 cm³/mol. The van der Waals surface area contributed by atoms with Crippen LogP contribution in [0.15, 0.2) is 66.7 Å². The number of aryl methyl sites for hydroxylation is 1. The second-order valence-corrected chi connectivity index (χ2v) is 6.40. The second-order valence-electron chi connectivity index (χ2n) is 6.40. The molecule has 0 unspecified atom stereocenters. The summed E-state index contributed by atoms with van der Waals surface area (Å²) in [7, 11) is 0. The number of hydrogen-bond acceptors (Lipinski definition) is 3. The van der Waals surface area contributed by atoms with E-state index in [9.17, 15) is 14.0 Å². The minimum Gasteiger partial charge on any atom is -0.494 e. The summed E-state index contributed by atoms with van der Waals surface area (Å²) in [4.78, 5) is 24.7. The average Bonchev–Trinajstić information content (AvgIpc) is 2.72. The molecule has 29 heavy (non-hydrogen) atoms. The number of amides is 2. The van der Waals surface area contributed by atoms with E-state index in [1.54, 1.807) is 61.5 Å². The molecule has 0 saturated carbocycles. The molecule has 5 nitrogen and oxygen atoms in total. The van der Waals surface area contributed by atoms with Crippen LogP contribution in [0.1, 0.15) is 33.2 Å². The van der Waals surface area contributed by atoms with Crippen molar-refractivity contribution in [1.82, 2.24) is 0 Å². The molecule has 3 aromatic carbocycles. The Bertz CT molecular complexity index is 1020. The van der Waals surface area contributed by atoms with E-state index >= 15 is 0 Å². The first-order chi connectivity index (χ1) is 14.0. The van der Waals surface area contributed by atoms with Gasteiger partial charge in [-0.2, -0.15) is 0 Å². The molecule has 0 aliphatic carbocycles. The van der Waals surface area contributed by atoms with Crippen molar-refractivity contribution in [3.63, 3.8) is 0 Å². The van der Waals surface area contributed by atoms with Crippen LogP contribution >= 0.6 is 0 Å². The molecule has 0 bridgehead atoms. The first-order valence-corrected chi connectivity index (χ1v) is 9.18. The summed E-state index contributed by atoms with van der Waals surface area (Å²) in [6.07, 6.45) is 0. The Morgan fingerprint density at radius 2 is 1.45 bits per heavy atom. The topological polar surface area (TPSA) is 67.4 Å². The van der Waals surface area contributed by atoms with Crippen LogP contribution in [0.5, 0.6) is 5.75 Å². The molecule has 148 valence electrons. The Hall–Kier alpha value is -3.67. The number of anilines is 2.